The monoisotopic (exact) mass is 1580 g/mol. The molecule has 0 amide bonds. The highest BCUT2D eigenvalue weighted by Gasteiger charge is 2.24. The van der Waals surface area contributed by atoms with Gasteiger partial charge < -0.3 is 55.8 Å². The molecule has 0 saturated heterocycles. The first-order chi connectivity index (χ1) is 52.0. The average Bonchev–Trinajstić information content (AvgIpc) is 0.908. The summed E-state index contributed by atoms with van der Waals surface area (Å²) in [6.45, 7) is 8.53. The minimum Gasteiger partial charge on any atom is -0.756 e. The minimum absolute atomic E-state index is 0.0256. The van der Waals surface area contributed by atoms with Crippen LogP contribution in [0.4, 0.5) is 0 Å². The van der Waals surface area contributed by atoms with Crippen molar-refractivity contribution in [2.45, 2.75) is 451 Å². The second-order valence-corrected chi connectivity index (χ2v) is 36.4. The predicted octanol–water partition coefficient (Wildman–Crippen LogP) is 24.3. The summed E-state index contributed by atoms with van der Waals surface area (Å²) in [4.78, 5) is 75.0. The van der Waals surface area contributed by atoms with E-state index in [9.17, 15) is 38.1 Å². The second-order valence-electron chi connectivity index (χ2n) is 33.6. The molecule has 0 N–H and O–H groups in total. The fourth-order valence-electron chi connectivity index (χ4n) is 13.1. The second kappa shape index (κ2) is 78.9. The maximum absolute atomic E-state index is 12.7. The van der Waals surface area contributed by atoms with Crippen molar-refractivity contribution in [2.75, 3.05) is 95.0 Å². The molecule has 0 aromatic carbocycles. The van der Waals surface area contributed by atoms with E-state index >= 15 is 0 Å². The number of nitrogens with zero attached hydrogens (tertiary/aromatic N) is 2. The van der Waals surface area contributed by atoms with Crippen LogP contribution in [0.3, 0.4) is 0 Å². The van der Waals surface area contributed by atoms with Crippen molar-refractivity contribution in [3.8, 4) is 0 Å². The number of carbonyl (C=O) groups excluding carboxylic acids is 4. The van der Waals surface area contributed by atoms with Gasteiger partial charge in [0.25, 0.3) is 15.6 Å². The predicted molar refractivity (Wildman–Crippen MR) is 445 cm³/mol. The molecule has 20 heteroatoms. The molecule has 0 fully saturated rings. The van der Waals surface area contributed by atoms with Crippen LogP contribution in [0, 0.1) is 0 Å². The largest absolute Gasteiger partial charge is 0.756 e. The Hall–Kier alpha value is -1.98. The minimum atomic E-state index is -4.62. The molecule has 0 radical (unpaired) electrons. The first-order valence-electron chi connectivity index (χ1n) is 45.5. The van der Waals surface area contributed by atoms with E-state index in [1.54, 1.807) is 0 Å². The van der Waals surface area contributed by atoms with Gasteiger partial charge in [0.2, 0.25) is 0 Å². The SMILES string of the molecule is CCCCCCCCCCCCCCCCCC(=O)OCC(COP(=O)([O-])OCC[N+](C)(C)C)OC(=O)CCCCCCCCCCCCCCCCC.CCCCCCCCCCCCCCCCCCCC(=O)OC(COC(=O)CCCCCCCCCCCCCCC)COP(=O)([O-])OCC[N+](C)(C)C. The third-order valence-electron chi connectivity index (χ3n) is 20.3. The first kappa shape index (κ1) is 108. The lowest BCUT2D eigenvalue weighted by atomic mass is 10.0. The average molecular weight is 1580 g/mol. The van der Waals surface area contributed by atoms with Gasteiger partial charge in [-0.2, -0.15) is 0 Å². The zero-order valence-corrected chi connectivity index (χ0v) is 74.2. The highest BCUT2D eigenvalue weighted by molar-refractivity contribution is 7.46. The fourth-order valence-corrected chi connectivity index (χ4v) is 14.5. The van der Waals surface area contributed by atoms with Crippen LogP contribution < -0.4 is 9.79 Å². The Kier molecular flexibility index (Phi) is 78.9. The number of quaternary nitrogens is 2. The van der Waals surface area contributed by atoms with Crippen molar-refractivity contribution in [2.24, 2.45) is 0 Å². The molecule has 0 aromatic rings. The van der Waals surface area contributed by atoms with Crippen molar-refractivity contribution in [1.29, 1.82) is 0 Å². The number of ether oxygens (including phenoxy) is 4. The van der Waals surface area contributed by atoms with Crippen LogP contribution in [-0.4, -0.2) is 140 Å². The molecule has 0 rings (SSSR count). The van der Waals surface area contributed by atoms with Crippen molar-refractivity contribution in [3.63, 3.8) is 0 Å². The van der Waals surface area contributed by atoms with E-state index in [0.29, 0.717) is 34.9 Å². The van der Waals surface area contributed by atoms with Crippen LogP contribution >= 0.6 is 15.6 Å². The number of likely N-dealkylation sites (N-methyl/N-ethyl adjacent to an activating group) is 2. The quantitative estimate of drug-likeness (QED) is 0.0181. The number of carbonyl (C=O) groups is 4. The molecular weight excluding hydrogens is 1400 g/mol. The molecule has 18 nitrogen and oxygen atoms in total. The number of phosphoric ester groups is 2. The number of hydrogen-bond donors (Lipinski definition) is 0. The number of unbranched alkanes of at least 4 members (excludes halogenated alkanes) is 56. The molecule has 0 bridgehead atoms. The van der Waals surface area contributed by atoms with E-state index < -0.39 is 53.0 Å². The van der Waals surface area contributed by atoms with Crippen molar-refractivity contribution in [1.82, 2.24) is 0 Å². The first-order valence-corrected chi connectivity index (χ1v) is 48.4. The summed E-state index contributed by atoms with van der Waals surface area (Å²) < 4.78 is 67.9. The van der Waals surface area contributed by atoms with E-state index in [-0.39, 0.29) is 64.0 Å². The van der Waals surface area contributed by atoms with E-state index in [1.807, 2.05) is 42.3 Å². The topological polar surface area (TPSA) is 222 Å². The summed E-state index contributed by atoms with van der Waals surface area (Å²) in [5.41, 5.74) is 0. The molecule has 4 atom stereocenters. The molecule has 0 aliphatic rings. The third kappa shape index (κ3) is 88.0. The number of hydrogen-bond acceptors (Lipinski definition) is 16. The summed E-state index contributed by atoms with van der Waals surface area (Å²) in [7, 11) is 2.36. The standard InChI is InChI=1S/2C44H88NO8P/c1-6-8-10-12-14-16-18-20-21-22-23-25-27-29-31-33-35-37-44(47)53-42(41-52-54(48,49)51-39-38-45(3,4)5)40-50-43(46)36-34-32-30-28-26-24-19-17-15-13-11-9-7-2;1-6-8-10-12-14-16-18-20-22-24-26-28-30-32-34-36-43(46)50-40-42(41-52-54(48,49)51-39-38-45(3,4)5)53-44(47)37-35-33-31-29-27-25-23-21-19-17-15-13-11-9-7-2/h2*42H,6-41H2,1-5H3. The van der Waals surface area contributed by atoms with Gasteiger partial charge in [-0.3, -0.25) is 28.3 Å². The summed E-state index contributed by atoms with van der Waals surface area (Å²) >= 11 is 0. The van der Waals surface area contributed by atoms with Crippen LogP contribution in [-0.2, 0) is 65.4 Å². The van der Waals surface area contributed by atoms with E-state index in [4.69, 9.17) is 37.0 Å². The van der Waals surface area contributed by atoms with Gasteiger partial charge in [-0.05, 0) is 25.7 Å². The Balaban J connectivity index is 0. The molecular formula is C88H176N2O16P2. The molecule has 0 aliphatic heterocycles. The van der Waals surface area contributed by atoms with Crippen LogP contribution in [0.5, 0.6) is 0 Å². The van der Waals surface area contributed by atoms with Crippen LogP contribution in [0.1, 0.15) is 439 Å². The Bertz CT molecular complexity index is 2080. The van der Waals surface area contributed by atoms with Crippen molar-refractivity contribution in [3.05, 3.63) is 0 Å². The smallest absolute Gasteiger partial charge is 0.306 e. The van der Waals surface area contributed by atoms with Gasteiger partial charge in [-0.15, -0.1) is 0 Å². The van der Waals surface area contributed by atoms with Gasteiger partial charge in [0.1, 0.15) is 39.5 Å². The lowest BCUT2D eigenvalue weighted by Crippen LogP contribution is -2.37. The maximum atomic E-state index is 12.7. The van der Waals surface area contributed by atoms with Gasteiger partial charge in [0.15, 0.2) is 12.2 Å². The van der Waals surface area contributed by atoms with Crippen LogP contribution in [0.2, 0.25) is 0 Å². The summed E-state index contributed by atoms with van der Waals surface area (Å²) in [6.07, 6.45) is 73.8. The normalized spacial score (nSPS) is 13.5. The highest BCUT2D eigenvalue weighted by Crippen LogP contribution is 2.39. The molecule has 0 aromatic heterocycles. The zero-order valence-electron chi connectivity index (χ0n) is 72.4. The van der Waals surface area contributed by atoms with Crippen LogP contribution in [0.25, 0.3) is 0 Å². The maximum Gasteiger partial charge on any atom is 0.306 e. The van der Waals surface area contributed by atoms with E-state index in [0.717, 1.165) is 64.2 Å². The molecule has 108 heavy (non-hydrogen) atoms. The molecule has 0 heterocycles. The number of esters is 4. The Morgan fingerprint density at radius 1 is 0.250 bits per heavy atom. The summed E-state index contributed by atoms with van der Waals surface area (Å²) in [6, 6.07) is 0. The zero-order chi connectivity index (χ0) is 80.0. The highest BCUT2D eigenvalue weighted by atomic mass is 31.2. The van der Waals surface area contributed by atoms with Gasteiger partial charge in [0, 0.05) is 25.7 Å². The molecule has 4 unspecified atom stereocenters. The van der Waals surface area contributed by atoms with E-state index in [1.165, 1.54) is 308 Å². The molecule has 0 spiro atoms. The Morgan fingerprint density at radius 3 is 0.593 bits per heavy atom. The summed E-state index contributed by atoms with van der Waals surface area (Å²) in [5, 5.41) is 0. The Labute approximate surface area is 666 Å². The van der Waals surface area contributed by atoms with E-state index in [2.05, 4.69) is 27.7 Å². The Morgan fingerprint density at radius 2 is 0.417 bits per heavy atom. The molecule has 0 saturated carbocycles. The van der Waals surface area contributed by atoms with Gasteiger partial charge >= 0.3 is 23.9 Å². The molecule has 0 aliphatic carbocycles. The number of rotatable bonds is 84. The third-order valence-corrected chi connectivity index (χ3v) is 22.2. The van der Waals surface area contributed by atoms with Gasteiger partial charge in [-0.25, -0.2) is 0 Å². The van der Waals surface area contributed by atoms with Crippen LogP contribution in [0.15, 0.2) is 0 Å². The molecule has 644 valence electrons. The lowest BCUT2D eigenvalue weighted by molar-refractivity contribution is -0.870. The van der Waals surface area contributed by atoms with Gasteiger partial charge in [0.05, 0.1) is 55.5 Å². The number of phosphoric acid groups is 2. The fraction of sp³-hybridized carbons (Fsp3) is 0.955. The van der Waals surface area contributed by atoms with Gasteiger partial charge in [-0.1, -0.05) is 387 Å². The van der Waals surface area contributed by atoms with Crippen molar-refractivity contribution >= 4 is 39.5 Å². The summed E-state index contributed by atoms with van der Waals surface area (Å²) in [5.74, 6) is -1.64. The lowest BCUT2D eigenvalue weighted by Gasteiger charge is -2.28. The van der Waals surface area contributed by atoms with Crippen molar-refractivity contribution < 1.29 is 84.1 Å².